The number of urea groups is 1. The number of nitrogens with one attached hydrogen (secondary N) is 2. The summed E-state index contributed by atoms with van der Waals surface area (Å²) in [5.41, 5.74) is 0.353. The molecule has 3 rings (SSSR count). The summed E-state index contributed by atoms with van der Waals surface area (Å²) < 4.78 is 46.0. The van der Waals surface area contributed by atoms with E-state index in [1.54, 1.807) is 6.92 Å². The lowest BCUT2D eigenvalue weighted by Gasteiger charge is -2.27. The van der Waals surface area contributed by atoms with E-state index >= 15 is 0 Å². The number of hydrogen-bond acceptors (Lipinski definition) is 5. The molecule has 2 amide bonds. The zero-order valence-corrected chi connectivity index (χ0v) is 18.0. The Kier molecular flexibility index (Phi) is 7.92. The van der Waals surface area contributed by atoms with Crippen LogP contribution in [0, 0.1) is 11.8 Å². The Bertz CT molecular complexity index is 923. The number of esters is 1. The van der Waals surface area contributed by atoms with E-state index in [4.69, 9.17) is 4.74 Å². The maximum atomic E-state index is 13.3. The Morgan fingerprint density at radius 3 is 2.66 bits per heavy atom. The first-order valence-corrected chi connectivity index (χ1v) is 10.9. The molecule has 11 heteroatoms. The van der Waals surface area contributed by atoms with E-state index in [0.29, 0.717) is 25.5 Å². The fourth-order valence-electron chi connectivity index (χ4n) is 3.99. The number of fused-ring (bicyclic) bond motifs is 1. The quantitative estimate of drug-likeness (QED) is 0.469. The van der Waals surface area contributed by atoms with E-state index < -0.39 is 12.0 Å². The van der Waals surface area contributed by atoms with Crippen molar-refractivity contribution < 1.29 is 27.5 Å². The number of alkyl halides is 3. The maximum absolute atomic E-state index is 13.3. The highest BCUT2D eigenvalue weighted by Gasteiger charge is 2.37. The molecule has 0 aromatic carbocycles. The van der Waals surface area contributed by atoms with Gasteiger partial charge in [0.2, 0.25) is 5.82 Å². The summed E-state index contributed by atoms with van der Waals surface area (Å²) in [7, 11) is 0. The predicted octanol–water partition coefficient (Wildman–Crippen LogP) is 3.51. The van der Waals surface area contributed by atoms with Crippen molar-refractivity contribution >= 4 is 23.2 Å². The normalized spacial score (nSPS) is 19.0. The Hall–Kier alpha value is -2.85. The van der Waals surface area contributed by atoms with Gasteiger partial charge in [0, 0.05) is 25.8 Å². The molecule has 176 valence electrons. The largest absolute Gasteiger partial charge is 0.466 e. The Morgan fingerprint density at radius 2 is 1.97 bits per heavy atom. The zero-order valence-electron chi connectivity index (χ0n) is 18.0. The van der Waals surface area contributed by atoms with E-state index in [1.807, 2.05) is 0 Å². The van der Waals surface area contributed by atoms with Crippen molar-refractivity contribution in [2.24, 2.45) is 11.8 Å². The van der Waals surface area contributed by atoms with Crippen LogP contribution < -0.4 is 10.6 Å². The molecule has 0 aliphatic heterocycles. The first kappa shape index (κ1) is 23.8. The van der Waals surface area contributed by atoms with Crippen molar-refractivity contribution in [2.45, 2.75) is 51.7 Å². The smallest absolute Gasteiger partial charge is 0.449 e. The van der Waals surface area contributed by atoms with E-state index in [-0.39, 0.29) is 42.2 Å². The highest BCUT2D eigenvalue weighted by Crippen LogP contribution is 2.31. The fraction of sp³-hybridized carbons (Fsp3) is 0.619. The minimum absolute atomic E-state index is 0.0283. The number of carbonyl (C=O) groups excluding carboxylic acids is 2. The van der Waals surface area contributed by atoms with Crippen LogP contribution in [0.25, 0.3) is 11.2 Å². The van der Waals surface area contributed by atoms with Gasteiger partial charge in [-0.05, 0) is 57.1 Å². The Labute approximate surface area is 183 Å². The Balaban J connectivity index is 1.40. The summed E-state index contributed by atoms with van der Waals surface area (Å²) in [5.74, 6) is -0.903. The maximum Gasteiger partial charge on any atom is 0.449 e. The molecule has 8 nitrogen and oxygen atoms in total. The van der Waals surface area contributed by atoms with Crippen LogP contribution in [-0.2, 0) is 22.3 Å². The molecule has 1 saturated carbocycles. The molecule has 2 N–H and O–H groups in total. The number of carbonyl (C=O) groups is 2. The van der Waals surface area contributed by atoms with Crippen LogP contribution >= 0.6 is 0 Å². The average molecular weight is 455 g/mol. The van der Waals surface area contributed by atoms with Crippen LogP contribution in [-0.4, -0.2) is 46.2 Å². The third kappa shape index (κ3) is 6.10. The van der Waals surface area contributed by atoms with Crippen LogP contribution in [0.2, 0.25) is 0 Å². The number of nitrogens with zero attached hydrogens (tertiary/aromatic N) is 3. The molecule has 0 saturated heterocycles. The number of halogens is 3. The number of aromatic nitrogens is 3. The highest BCUT2D eigenvalue weighted by molar-refractivity contribution is 5.74. The molecule has 2 aromatic rings. The summed E-state index contributed by atoms with van der Waals surface area (Å²) >= 11 is 0. The lowest BCUT2D eigenvalue weighted by Crippen LogP contribution is -2.39. The predicted molar refractivity (Wildman–Crippen MR) is 111 cm³/mol. The number of rotatable bonds is 8. The lowest BCUT2D eigenvalue weighted by atomic mass is 9.82. The number of ether oxygens (including phenoxy) is 1. The Morgan fingerprint density at radius 1 is 1.22 bits per heavy atom. The summed E-state index contributed by atoms with van der Waals surface area (Å²) in [6.45, 7) is 2.91. The molecule has 0 radical (unpaired) electrons. The fourth-order valence-corrected chi connectivity index (χ4v) is 3.99. The van der Waals surface area contributed by atoms with Gasteiger partial charge in [-0.1, -0.05) is 0 Å². The summed E-state index contributed by atoms with van der Waals surface area (Å²) in [5, 5.41) is 5.48. The molecule has 1 fully saturated rings. The van der Waals surface area contributed by atoms with Gasteiger partial charge in [-0.3, -0.25) is 4.79 Å². The monoisotopic (exact) mass is 455 g/mol. The number of imidazole rings is 1. The summed E-state index contributed by atoms with van der Waals surface area (Å²) in [6.07, 6.45) is 0.311. The molecule has 0 unspecified atom stereocenters. The minimum Gasteiger partial charge on any atom is -0.466 e. The topological polar surface area (TPSA) is 98.1 Å². The first-order valence-electron chi connectivity index (χ1n) is 10.9. The van der Waals surface area contributed by atoms with Crippen molar-refractivity contribution in [1.82, 2.24) is 25.2 Å². The van der Waals surface area contributed by atoms with Crippen molar-refractivity contribution in [3.8, 4) is 0 Å². The molecule has 1 aliphatic carbocycles. The van der Waals surface area contributed by atoms with Crippen molar-refractivity contribution in [1.29, 1.82) is 0 Å². The van der Waals surface area contributed by atoms with E-state index in [1.165, 1.54) is 18.3 Å². The van der Waals surface area contributed by atoms with E-state index in [2.05, 4.69) is 20.6 Å². The molecular formula is C21H28F3N5O3. The molecule has 2 heterocycles. The number of aryl methyl sites for hydroxylation is 1. The standard InChI is InChI=1S/C21H28F3N5O3/c1-2-32-18(30)15-8-6-14(7-9-15)13-27-20(31)26-11-4-12-29-17-16(5-3-10-25-17)28-19(29)21(22,23)24/h3,5,10,14-15H,2,4,6-9,11-13H2,1H3,(H2,26,27,31). The molecule has 32 heavy (non-hydrogen) atoms. The van der Waals surface area contributed by atoms with Gasteiger partial charge in [0.15, 0.2) is 5.65 Å². The number of amides is 2. The van der Waals surface area contributed by atoms with Gasteiger partial charge in [0.1, 0.15) is 5.52 Å². The summed E-state index contributed by atoms with van der Waals surface area (Å²) in [6, 6.07) is 2.66. The average Bonchev–Trinajstić information content (AvgIpc) is 3.15. The van der Waals surface area contributed by atoms with Crippen molar-refractivity contribution in [3.63, 3.8) is 0 Å². The van der Waals surface area contributed by atoms with Gasteiger partial charge in [-0.15, -0.1) is 0 Å². The van der Waals surface area contributed by atoms with Crippen LogP contribution in [0.4, 0.5) is 18.0 Å². The van der Waals surface area contributed by atoms with Gasteiger partial charge >= 0.3 is 18.2 Å². The lowest BCUT2D eigenvalue weighted by molar-refractivity contribution is -0.149. The summed E-state index contributed by atoms with van der Waals surface area (Å²) in [4.78, 5) is 31.5. The van der Waals surface area contributed by atoms with Gasteiger partial charge in [0.05, 0.1) is 12.5 Å². The van der Waals surface area contributed by atoms with E-state index in [9.17, 15) is 22.8 Å². The third-order valence-corrected chi connectivity index (χ3v) is 5.62. The second-order valence-electron chi connectivity index (χ2n) is 7.89. The number of hydrogen-bond donors (Lipinski definition) is 2. The second-order valence-corrected chi connectivity index (χ2v) is 7.89. The molecule has 0 bridgehead atoms. The van der Waals surface area contributed by atoms with Gasteiger partial charge in [-0.25, -0.2) is 14.8 Å². The van der Waals surface area contributed by atoms with Crippen molar-refractivity contribution in [3.05, 3.63) is 24.2 Å². The minimum atomic E-state index is -4.59. The second kappa shape index (κ2) is 10.6. The molecule has 0 atom stereocenters. The van der Waals surface area contributed by atoms with Gasteiger partial charge in [-0.2, -0.15) is 13.2 Å². The molecule has 2 aromatic heterocycles. The van der Waals surface area contributed by atoms with Crippen LogP contribution in [0.5, 0.6) is 0 Å². The van der Waals surface area contributed by atoms with Crippen LogP contribution in [0.15, 0.2) is 18.3 Å². The highest BCUT2D eigenvalue weighted by atomic mass is 19.4. The van der Waals surface area contributed by atoms with Gasteiger partial charge < -0.3 is 19.9 Å². The molecule has 0 spiro atoms. The van der Waals surface area contributed by atoms with Crippen LogP contribution in [0.1, 0.15) is 44.9 Å². The third-order valence-electron chi connectivity index (χ3n) is 5.62. The zero-order chi connectivity index (χ0) is 23.1. The van der Waals surface area contributed by atoms with Crippen molar-refractivity contribution in [2.75, 3.05) is 19.7 Å². The molecule has 1 aliphatic rings. The SMILES string of the molecule is CCOC(=O)C1CCC(CNC(=O)NCCCn2c(C(F)(F)F)nc3cccnc32)CC1. The van der Waals surface area contributed by atoms with Gasteiger partial charge in [0.25, 0.3) is 0 Å². The first-order chi connectivity index (χ1) is 15.3. The molecular weight excluding hydrogens is 427 g/mol. The van der Waals surface area contributed by atoms with Crippen LogP contribution in [0.3, 0.4) is 0 Å². The number of pyridine rings is 1. The van der Waals surface area contributed by atoms with E-state index in [0.717, 1.165) is 30.3 Å².